The van der Waals surface area contributed by atoms with Gasteiger partial charge in [0.2, 0.25) is 0 Å². The molecule has 0 bridgehead atoms. The van der Waals surface area contributed by atoms with Gasteiger partial charge in [0.25, 0.3) is 5.91 Å². The first-order valence-corrected chi connectivity index (χ1v) is 5.28. The summed E-state index contributed by atoms with van der Waals surface area (Å²) in [7, 11) is 1.69. The van der Waals surface area contributed by atoms with E-state index in [1.807, 2.05) is 12.1 Å². The van der Waals surface area contributed by atoms with E-state index in [1.165, 1.54) is 0 Å². The van der Waals surface area contributed by atoms with Crippen molar-refractivity contribution in [1.29, 1.82) is 5.26 Å². The van der Waals surface area contributed by atoms with Crippen LogP contribution in [0.25, 0.3) is 10.9 Å². The fraction of sp³-hybridized carbons (Fsp3) is 0.250. The Morgan fingerprint density at radius 3 is 3.18 bits per heavy atom. The summed E-state index contributed by atoms with van der Waals surface area (Å²) in [5, 5.41) is 16.2. The quantitative estimate of drug-likeness (QED) is 0.866. The molecule has 1 N–H and O–H groups in total. The normalized spacial score (nSPS) is 10.1. The molecule has 0 aliphatic heterocycles. The number of fused-ring (bicyclic) bond motifs is 1. The number of carbonyl (C=O) groups excluding carboxylic acids is 1. The molecule has 1 heterocycles. The first-order chi connectivity index (χ1) is 8.22. The number of aromatic amines is 1. The van der Waals surface area contributed by atoms with Crippen LogP contribution in [0, 0.1) is 11.3 Å². The van der Waals surface area contributed by atoms with E-state index in [1.54, 1.807) is 30.3 Å². The molecule has 0 atom stereocenters. The first kappa shape index (κ1) is 11.1. The predicted molar refractivity (Wildman–Crippen MR) is 63.3 cm³/mol. The number of hydrogen-bond acceptors (Lipinski definition) is 3. The lowest BCUT2D eigenvalue weighted by atomic mass is 10.1. The van der Waals surface area contributed by atoms with Gasteiger partial charge in [-0.3, -0.25) is 9.89 Å². The predicted octanol–water partition coefficient (Wildman–Crippen LogP) is 1.55. The molecule has 86 valence electrons. The van der Waals surface area contributed by atoms with Crippen LogP contribution in [0.5, 0.6) is 0 Å². The number of hydrogen-bond donors (Lipinski definition) is 1. The van der Waals surface area contributed by atoms with Crippen LogP contribution in [0.1, 0.15) is 16.8 Å². The molecule has 0 unspecified atom stereocenters. The molecular formula is C12H12N4O. The number of carbonyl (C=O) groups is 1. The molecular weight excluding hydrogens is 216 g/mol. The van der Waals surface area contributed by atoms with Crippen LogP contribution in [0.3, 0.4) is 0 Å². The third-order valence-electron chi connectivity index (χ3n) is 2.59. The van der Waals surface area contributed by atoms with Gasteiger partial charge in [0.1, 0.15) is 0 Å². The Bertz CT molecular complexity index is 581. The first-order valence-electron chi connectivity index (χ1n) is 5.28. The molecule has 1 aromatic carbocycles. The largest absolute Gasteiger partial charge is 0.341 e. The van der Waals surface area contributed by atoms with Gasteiger partial charge in [-0.15, -0.1) is 0 Å². The van der Waals surface area contributed by atoms with Gasteiger partial charge in [0.15, 0.2) is 0 Å². The molecule has 5 nitrogen and oxygen atoms in total. The van der Waals surface area contributed by atoms with E-state index in [-0.39, 0.29) is 5.91 Å². The zero-order valence-electron chi connectivity index (χ0n) is 9.47. The molecule has 0 spiro atoms. The number of nitriles is 1. The van der Waals surface area contributed by atoms with Crippen molar-refractivity contribution in [3.63, 3.8) is 0 Å². The van der Waals surface area contributed by atoms with Crippen molar-refractivity contribution in [2.24, 2.45) is 0 Å². The topological polar surface area (TPSA) is 72.8 Å². The molecule has 17 heavy (non-hydrogen) atoms. The van der Waals surface area contributed by atoms with E-state index in [0.29, 0.717) is 18.5 Å². The minimum Gasteiger partial charge on any atom is -0.341 e. The molecule has 1 amide bonds. The van der Waals surface area contributed by atoms with E-state index >= 15 is 0 Å². The number of nitrogens with zero attached hydrogens (tertiary/aromatic N) is 3. The van der Waals surface area contributed by atoms with Gasteiger partial charge in [-0.05, 0) is 12.1 Å². The highest BCUT2D eigenvalue weighted by molar-refractivity contribution is 5.97. The number of rotatable bonds is 3. The van der Waals surface area contributed by atoms with Gasteiger partial charge in [-0.1, -0.05) is 6.07 Å². The van der Waals surface area contributed by atoms with E-state index in [9.17, 15) is 4.79 Å². The second kappa shape index (κ2) is 4.66. The van der Waals surface area contributed by atoms with Crippen molar-refractivity contribution in [1.82, 2.24) is 15.1 Å². The molecule has 0 aliphatic rings. The molecule has 2 aromatic rings. The van der Waals surface area contributed by atoms with Crippen LogP contribution in [-0.4, -0.2) is 34.6 Å². The highest BCUT2D eigenvalue weighted by Crippen LogP contribution is 2.14. The van der Waals surface area contributed by atoms with Crippen LogP contribution < -0.4 is 0 Å². The maximum atomic E-state index is 12.0. The summed E-state index contributed by atoms with van der Waals surface area (Å²) in [5.74, 6) is -0.0863. The Kier molecular flexibility index (Phi) is 3.06. The van der Waals surface area contributed by atoms with Gasteiger partial charge in [-0.2, -0.15) is 10.4 Å². The minimum atomic E-state index is -0.0863. The number of amides is 1. The van der Waals surface area contributed by atoms with Gasteiger partial charge in [0, 0.05) is 24.5 Å². The Morgan fingerprint density at radius 2 is 2.41 bits per heavy atom. The van der Waals surface area contributed by atoms with Crippen molar-refractivity contribution in [2.45, 2.75) is 6.42 Å². The van der Waals surface area contributed by atoms with Crippen LogP contribution >= 0.6 is 0 Å². The molecule has 0 saturated heterocycles. The van der Waals surface area contributed by atoms with Crippen molar-refractivity contribution in [3.05, 3.63) is 30.0 Å². The van der Waals surface area contributed by atoms with E-state index in [4.69, 9.17) is 5.26 Å². The fourth-order valence-corrected chi connectivity index (χ4v) is 1.61. The second-order valence-electron chi connectivity index (χ2n) is 3.81. The van der Waals surface area contributed by atoms with Crippen LogP contribution in [0.15, 0.2) is 24.4 Å². The number of nitrogens with one attached hydrogen (secondary N) is 1. The smallest absolute Gasteiger partial charge is 0.253 e. The third-order valence-corrected chi connectivity index (χ3v) is 2.59. The Hall–Kier alpha value is -2.35. The van der Waals surface area contributed by atoms with E-state index < -0.39 is 0 Å². The average molecular weight is 228 g/mol. The lowest BCUT2D eigenvalue weighted by Gasteiger charge is -2.15. The molecule has 1 aromatic heterocycles. The monoisotopic (exact) mass is 228 g/mol. The fourth-order valence-electron chi connectivity index (χ4n) is 1.61. The molecule has 2 rings (SSSR count). The lowest BCUT2D eigenvalue weighted by Crippen LogP contribution is -2.27. The minimum absolute atomic E-state index is 0.0863. The SMILES string of the molecule is CN(CCC#N)C(=O)c1ccc2cn[nH]c2c1. The van der Waals surface area contributed by atoms with Crippen LogP contribution in [0.4, 0.5) is 0 Å². The molecule has 0 fully saturated rings. The maximum Gasteiger partial charge on any atom is 0.253 e. The highest BCUT2D eigenvalue weighted by atomic mass is 16.2. The summed E-state index contributed by atoms with van der Waals surface area (Å²) in [6.07, 6.45) is 2.05. The Labute approximate surface area is 98.6 Å². The van der Waals surface area contributed by atoms with Crippen molar-refractivity contribution >= 4 is 16.8 Å². The number of benzene rings is 1. The molecule has 0 saturated carbocycles. The maximum absolute atomic E-state index is 12.0. The summed E-state index contributed by atoms with van der Waals surface area (Å²) in [6, 6.07) is 7.41. The zero-order chi connectivity index (χ0) is 12.3. The lowest BCUT2D eigenvalue weighted by molar-refractivity contribution is 0.0798. The molecule has 0 radical (unpaired) electrons. The van der Waals surface area contributed by atoms with Crippen molar-refractivity contribution < 1.29 is 4.79 Å². The van der Waals surface area contributed by atoms with E-state index in [0.717, 1.165) is 10.9 Å². The summed E-state index contributed by atoms with van der Waals surface area (Å²) >= 11 is 0. The van der Waals surface area contributed by atoms with Crippen LogP contribution in [-0.2, 0) is 0 Å². The van der Waals surface area contributed by atoms with E-state index in [2.05, 4.69) is 10.2 Å². The number of H-pyrrole nitrogens is 1. The summed E-state index contributed by atoms with van der Waals surface area (Å²) in [5.41, 5.74) is 1.44. The highest BCUT2D eigenvalue weighted by Gasteiger charge is 2.11. The van der Waals surface area contributed by atoms with Gasteiger partial charge >= 0.3 is 0 Å². The summed E-state index contributed by atoms with van der Waals surface area (Å²) in [6.45, 7) is 0.441. The van der Waals surface area contributed by atoms with Gasteiger partial charge < -0.3 is 4.90 Å². The Morgan fingerprint density at radius 1 is 1.59 bits per heavy atom. The third kappa shape index (κ3) is 2.26. The van der Waals surface area contributed by atoms with Gasteiger partial charge in [0.05, 0.1) is 24.2 Å². The standard InChI is InChI=1S/C12H12N4O/c1-16(6-2-5-13)12(17)9-3-4-10-8-14-15-11(10)7-9/h3-4,7-8H,2,6H2,1H3,(H,14,15). The molecule has 0 aliphatic carbocycles. The summed E-state index contributed by atoms with van der Waals surface area (Å²) < 4.78 is 0. The summed E-state index contributed by atoms with van der Waals surface area (Å²) in [4.78, 5) is 13.5. The average Bonchev–Trinajstić information content (AvgIpc) is 2.81. The number of aromatic nitrogens is 2. The van der Waals surface area contributed by atoms with Crippen molar-refractivity contribution in [3.8, 4) is 6.07 Å². The van der Waals surface area contributed by atoms with Gasteiger partial charge in [-0.25, -0.2) is 0 Å². The second-order valence-corrected chi connectivity index (χ2v) is 3.81. The zero-order valence-corrected chi connectivity index (χ0v) is 9.47. The van der Waals surface area contributed by atoms with Crippen LogP contribution in [0.2, 0.25) is 0 Å². The molecule has 5 heteroatoms. The van der Waals surface area contributed by atoms with Crippen molar-refractivity contribution in [2.75, 3.05) is 13.6 Å². The Balaban J connectivity index is 2.21.